The van der Waals surface area contributed by atoms with E-state index in [1.807, 2.05) is 0 Å². The van der Waals surface area contributed by atoms with Crippen molar-refractivity contribution in [3.8, 4) is 6.07 Å². The van der Waals surface area contributed by atoms with Gasteiger partial charge in [-0.05, 0) is 25.0 Å². The average Bonchev–Trinajstić information content (AvgIpc) is 2.42. The zero-order chi connectivity index (χ0) is 15.0. The van der Waals surface area contributed by atoms with Crippen molar-refractivity contribution in [2.24, 2.45) is 0 Å². The molecule has 108 valence electrons. The third-order valence-corrected chi connectivity index (χ3v) is 3.97. The summed E-state index contributed by atoms with van der Waals surface area (Å²) in [5.74, 6) is -0.853. The highest BCUT2D eigenvalue weighted by Crippen LogP contribution is 2.08. The predicted octanol–water partition coefficient (Wildman–Crippen LogP) is 0.877. The number of sulfonamides is 1. The number of rotatable bonds is 8. The van der Waals surface area contributed by atoms with E-state index in [0.29, 0.717) is 19.3 Å². The van der Waals surface area contributed by atoms with E-state index in [0.717, 1.165) is 6.20 Å². The second kappa shape index (κ2) is 7.57. The first-order valence-corrected chi connectivity index (χ1v) is 7.51. The van der Waals surface area contributed by atoms with Gasteiger partial charge in [0, 0.05) is 19.2 Å². The molecule has 1 rings (SSSR count). The molecule has 0 radical (unpaired) electrons. The molecule has 20 heavy (non-hydrogen) atoms. The molecule has 1 heterocycles. The second-order valence-electron chi connectivity index (χ2n) is 4.09. The van der Waals surface area contributed by atoms with Crippen LogP contribution >= 0.6 is 0 Å². The number of aliphatic carboxylic acids is 1. The molecule has 0 aliphatic rings. The zero-order valence-corrected chi connectivity index (χ0v) is 11.6. The van der Waals surface area contributed by atoms with Gasteiger partial charge in [-0.2, -0.15) is 5.26 Å². The topological polar surface area (TPSA) is 120 Å². The van der Waals surface area contributed by atoms with E-state index in [2.05, 4.69) is 9.71 Å². The van der Waals surface area contributed by atoms with Gasteiger partial charge in [0.15, 0.2) is 0 Å². The van der Waals surface area contributed by atoms with E-state index in [4.69, 9.17) is 10.4 Å². The minimum atomic E-state index is -3.63. The molecular formula is C12H15N3O4S. The fraction of sp³-hybridized carbons (Fsp3) is 0.417. The van der Waals surface area contributed by atoms with Crippen molar-refractivity contribution < 1.29 is 18.3 Å². The van der Waals surface area contributed by atoms with Crippen molar-refractivity contribution in [1.82, 2.24) is 9.71 Å². The Bertz CT molecular complexity index is 590. The SMILES string of the molecule is N#Cc1ccc(S(=O)(=O)NCCCCCC(=O)O)cn1. The van der Waals surface area contributed by atoms with Crippen LogP contribution in [0, 0.1) is 11.3 Å². The van der Waals surface area contributed by atoms with Crippen molar-refractivity contribution in [2.45, 2.75) is 30.6 Å². The summed E-state index contributed by atoms with van der Waals surface area (Å²) in [5, 5.41) is 17.0. The Balaban J connectivity index is 2.41. The summed E-state index contributed by atoms with van der Waals surface area (Å²) in [6.07, 6.45) is 2.95. The highest BCUT2D eigenvalue weighted by molar-refractivity contribution is 7.89. The maximum atomic E-state index is 11.8. The summed E-state index contributed by atoms with van der Waals surface area (Å²) in [4.78, 5) is 14.0. The Labute approximate surface area is 117 Å². The number of pyridine rings is 1. The number of carboxylic acid groups (broad SMARTS) is 1. The molecule has 0 amide bonds. The van der Waals surface area contributed by atoms with Crippen molar-refractivity contribution in [1.29, 1.82) is 5.26 Å². The van der Waals surface area contributed by atoms with Gasteiger partial charge in [-0.15, -0.1) is 0 Å². The molecular weight excluding hydrogens is 282 g/mol. The lowest BCUT2D eigenvalue weighted by Gasteiger charge is -2.06. The predicted molar refractivity (Wildman–Crippen MR) is 70.2 cm³/mol. The molecule has 2 N–H and O–H groups in total. The van der Waals surface area contributed by atoms with Gasteiger partial charge in [0.2, 0.25) is 10.0 Å². The van der Waals surface area contributed by atoms with E-state index < -0.39 is 16.0 Å². The van der Waals surface area contributed by atoms with Crippen LogP contribution < -0.4 is 4.72 Å². The molecule has 0 aliphatic carbocycles. The molecule has 8 heteroatoms. The highest BCUT2D eigenvalue weighted by Gasteiger charge is 2.13. The van der Waals surface area contributed by atoms with Gasteiger partial charge in [-0.25, -0.2) is 18.1 Å². The minimum Gasteiger partial charge on any atom is -0.481 e. The summed E-state index contributed by atoms with van der Waals surface area (Å²) in [6.45, 7) is 0.238. The number of nitriles is 1. The third kappa shape index (κ3) is 5.34. The monoisotopic (exact) mass is 297 g/mol. The number of hydrogen-bond acceptors (Lipinski definition) is 5. The Kier molecular flexibility index (Phi) is 6.09. The van der Waals surface area contributed by atoms with Crippen LogP contribution in [0.2, 0.25) is 0 Å². The van der Waals surface area contributed by atoms with Gasteiger partial charge in [-0.3, -0.25) is 4.79 Å². The maximum absolute atomic E-state index is 11.8. The zero-order valence-electron chi connectivity index (χ0n) is 10.7. The van der Waals surface area contributed by atoms with Crippen molar-refractivity contribution in [3.05, 3.63) is 24.0 Å². The Morgan fingerprint density at radius 3 is 2.65 bits per heavy atom. The maximum Gasteiger partial charge on any atom is 0.303 e. The summed E-state index contributed by atoms with van der Waals surface area (Å²) < 4.78 is 26.1. The van der Waals surface area contributed by atoms with Crippen LogP contribution in [0.4, 0.5) is 0 Å². The van der Waals surface area contributed by atoms with Crippen molar-refractivity contribution in [2.75, 3.05) is 6.54 Å². The van der Waals surface area contributed by atoms with Gasteiger partial charge in [0.1, 0.15) is 16.7 Å². The molecule has 0 unspecified atom stereocenters. The van der Waals surface area contributed by atoms with E-state index >= 15 is 0 Å². The highest BCUT2D eigenvalue weighted by atomic mass is 32.2. The van der Waals surface area contributed by atoms with Crippen LogP contribution in [0.1, 0.15) is 31.4 Å². The molecule has 1 aromatic heterocycles. The van der Waals surface area contributed by atoms with E-state index in [1.165, 1.54) is 12.1 Å². The molecule has 0 atom stereocenters. The first kappa shape index (κ1) is 16.1. The lowest BCUT2D eigenvalue weighted by Crippen LogP contribution is -2.25. The lowest BCUT2D eigenvalue weighted by atomic mass is 10.2. The van der Waals surface area contributed by atoms with Crippen LogP contribution in [-0.4, -0.2) is 31.0 Å². The van der Waals surface area contributed by atoms with E-state index in [-0.39, 0.29) is 23.6 Å². The molecule has 0 bridgehead atoms. The van der Waals surface area contributed by atoms with E-state index in [1.54, 1.807) is 6.07 Å². The summed E-state index contributed by atoms with van der Waals surface area (Å²) in [6, 6.07) is 4.46. The first-order valence-electron chi connectivity index (χ1n) is 6.03. The largest absolute Gasteiger partial charge is 0.481 e. The number of nitrogens with zero attached hydrogens (tertiary/aromatic N) is 2. The van der Waals surface area contributed by atoms with Gasteiger partial charge in [-0.1, -0.05) is 6.42 Å². The van der Waals surface area contributed by atoms with Gasteiger partial charge >= 0.3 is 5.97 Å². The van der Waals surface area contributed by atoms with Crippen molar-refractivity contribution in [3.63, 3.8) is 0 Å². The molecule has 0 spiro atoms. The summed E-state index contributed by atoms with van der Waals surface area (Å²) >= 11 is 0. The molecule has 0 saturated heterocycles. The Morgan fingerprint density at radius 2 is 2.10 bits per heavy atom. The van der Waals surface area contributed by atoms with Crippen LogP contribution in [-0.2, 0) is 14.8 Å². The average molecular weight is 297 g/mol. The van der Waals surface area contributed by atoms with E-state index in [9.17, 15) is 13.2 Å². The molecule has 0 saturated carbocycles. The van der Waals surface area contributed by atoms with Crippen molar-refractivity contribution >= 4 is 16.0 Å². The summed E-state index contributed by atoms with van der Waals surface area (Å²) in [5.41, 5.74) is 0.151. The molecule has 0 fully saturated rings. The van der Waals surface area contributed by atoms with Crippen LogP contribution in [0.3, 0.4) is 0 Å². The number of aromatic nitrogens is 1. The fourth-order valence-electron chi connectivity index (χ4n) is 1.47. The number of nitrogens with one attached hydrogen (secondary N) is 1. The molecule has 0 aromatic carbocycles. The van der Waals surface area contributed by atoms with Gasteiger partial charge < -0.3 is 5.11 Å². The third-order valence-electron chi connectivity index (χ3n) is 2.52. The standard InChI is InChI=1S/C12H15N3O4S/c13-8-10-5-6-11(9-14-10)20(18,19)15-7-3-1-2-4-12(16)17/h5-6,9,15H,1-4,7H2,(H,16,17). The Morgan fingerprint density at radius 1 is 1.35 bits per heavy atom. The first-order chi connectivity index (χ1) is 9.45. The number of hydrogen-bond donors (Lipinski definition) is 2. The second-order valence-corrected chi connectivity index (χ2v) is 5.86. The molecule has 0 aliphatic heterocycles. The smallest absolute Gasteiger partial charge is 0.303 e. The molecule has 1 aromatic rings. The van der Waals surface area contributed by atoms with Crippen LogP contribution in [0.25, 0.3) is 0 Å². The number of unbranched alkanes of at least 4 members (excludes halogenated alkanes) is 2. The Hall–Kier alpha value is -1.98. The quantitative estimate of drug-likeness (QED) is 0.687. The molecule has 7 nitrogen and oxygen atoms in total. The fourth-order valence-corrected chi connectivity index (χ4v) is 2.49. The number of carbonyl (C=O) groups is 1. The van der Waals surface area contributed by atoms with Gasteiger partial charge in [0.25, 0.3) is 0 Å². The lowest BCUT2D eigenvalue weighted by molar-refractivity contribution is -0.137. The normalized spacial score (nSPS) is 10.9. The minimum absolute atomic E-state index is 0.00189. The van der Waals surface area contributed by atoms with Gasteiger partial charge in [0.05, 0.1) is 0 Å². The number of carboxylic acids is 1. The van der Waals surface area contributed by atoms with Crippen LogP contribution in [0.15, 0.2) is 23.2 Å². The van der Waals surface area contributed by atoms with Crippen LogP contribution in [0.5, 0.6) is 0 Å². The summed E-state index contributed by atoms with van der Waals surface area (Å²) in [7, 11) is -3.63.